The molecular formula is C6H4F3NO2. The Labute approximate surface area is 65.1 Å². The van der Waals surface area contributed by atoms with Gasteiger partial charge >= 0.3 is 6.18 Å². The van der Waals surface area contributed by atoms with Gasteiger partial charge in [-0.3, -0.25) is 4.79 Å². The molecule has 1 rings (SSSR count). The number of alkyl halides is 3. The van der Waals surface area contributed by atoms with E-state index in [1.165, 1.54) is 6.92 Å². The third-order valence-electron chi connectivity index (χ3n) is 1.25. The van der Waals surface area contributed by atoms with Crippen LogP contribution in [-0.4, -0.2) is 17.1 Å². The van der Waals surface area contributed by atoms with Gasteiger partial charge in [0.25, 0.3) is 5.78 Å². The van der Waals surface area contributed by atoms with E-state index in [-0.39, 0.29) is 5.76 Å². The zero-order chi connectivity index (χ0) is 9.35. The first-order chi connectivity index (χ1) is 5.43. The number of carbonyl (C=O) groups is 1. The Morgan fingerprint density at radius 3 is 2.50 bits per heavy atom. The Balaban J connectivity index is 3.01. The highest BCUT2D eigenvalue weighted by Crippen LogP contribution is 2.22. The van der Waals surface area contributed by atoms with Crippen molar-refractivity contribution >= 4 is 5.78 Å². The van der Waals surface area contributed by atoms with E-state index in [9.17, 15) is 18.0 Å². The number of nitrogens with zero attached hydrogens (tertiary/aromatic N) is 1. The lowest BCUT2D eigenvalue weighted by Crippen LogP contribution is -2.22. The molecule has 0 N–H and O–H groups in total. The third kappa shape index (κ3) is 1.46. The number of aromatic nitrogens is 1. The van der Waals surface area contributed by atoms with Crippen molar-refractivity contribution in [2.75, 3.05) is 0 Å². The summed E-state index contributed by atoms with van der Waals surface area (Å²) in [7, 11) is 0. The summed E-state index contributed by atoms with van der Waals surface area (Å²) in [5, 5.41) is 3.06. The molecule has 0 radical (unpaired) electrons. The summed E-state index contributed by atoms with van der Waals surface area (Å²) in [6, 6.07) is 0. The first-order valence-corrected chi connectivity index (χ1v) is 2.95. The molecule has 1 aromatic heterocycles. The van der Waals surface area contributed by atoms with E-state index >= 15 is 0 Å². The number of Topliss-reactive ketones (excluding diaryl/α,β-unsaturated/α-hetero) is 1. The minimum atomic E-state index is -4.86. The van der Waals surface area contributed by atoms with E-state index in [1.54, 1.807) is 0 Å². The van der Waals surface area contributed by atoms with Gasteiger partial charge in [-0.05, 0) is 6.92 Å². The Morgan fingerprint density at radius 1 is 1.58 bits per heavy atom. The summed E-state index contributed by atoms with van der Waals surface area (Å²) in [6.07, 6.45) is -4.11. The molecule has 0 unspecified atom stereocenters. The molecule has 3 nitrogen and oxygen atoms in total. The van der Waals surface area contributed by atoms with Crippen molar-refractivity contribution in [2.24, 2.45) is 0 Å². The highest BCUT2D eigenvalue weighted by atomic mass is 19.4. The predicted octanol–water partition coefficient (Wildman–Crippen LogP) is 1.73. The summed E-state index contributed by atoms with van der Waals surface area (Å²) in [6.45, 7) is 1.24. The number of ketones is 1. The van der Waals surface area contributed by atoms with Gasteiger partial charge < -0.3 is 4.52 Å². The predicted molar refractivity (Wildman–Crippen MR) is 31.6 cm³/mol. The summed E-state index contributed by atoms with van der Waals surface area (Å²) in [5.41, 5.74) is -0.539. The maximum atomic E-state index is 11.8. The van der Waals surface area contributed by atoms with E-state index in [1.807, 2.05) is 0 Å². The van der Waals surface area contributed by atoms with E-state index < -0.39 is 17.5 Å². The molecule has 0 saturated carbocycles. The van der Waals surface area contributed by atoms with Crippen LogP contribution in [0, 0.1) is 6.92 Å². The van der Waals surface area contributed by atoms with Crippen LogP contribution in [0.2, 0.25) is 0 Å². The SMILES string of the molecule is Cc1oncc1C(=O)C(F)(F)F. The summed E-state index contributed by atoms with van der Waals surface area (Å²) >= 11 is 0. The van der Waals surface area contributed by atoms with Crippen LogP contribution in [0.25, 0.3) is 0 Å². The number of hydrogen-bond donors (Lipinski definition) is 0. The molecule has 0 spiro atoms. The topological polar surface area (TPSA) is 43.1 Å². The van der Waals surface area contributed by atoms with Crippen molar-refractivity contribution in [1.29, 1.82) is 0 Å². The fourth-order valence-corrected chi connectivity index (χ4v) is 0.669. The van der Waals surface area contributed by atoms with Gasteiger partial charge in [0.05, 0.1) is 11.8 Å². The lowest BCUT2D eigenvalue weighted by atomic mass is 10.2. The molecule has 1 aromatic rings. The average molecular weight is 179 g/mol. The second-order valence-electron chi connectivity index (χ2n) is 2.12. The Bertz CT molecular complexity index is 302. The second kappa shape index (κ2) is 2.62. The molecule has 0 aromatic carbocycles. The molecule has 0 saturated heterocycles. The number of halogens is 3. The smallest absolute Gasteiger partial charge is 0.361 e. The maximum Gasteiger partial charge on any atom is 0.455 e. The van der Waals surface area contributed by atoms with Crippen molar-refractivity contribution < 1.29 is 22.5 Å². The van der Waals surface area contributed by atoms with Gasteiger partial charge in [-0.15, -0.1) is 0 Å². The molecule has 6 heteroatoms. The van der Waals surface area contributed by atoms with Gasteiger partial charge in [-0.25, -0.2) is 0 Å². The minimum Gasteiger partial charge on any atom is -0.361 e. The fourth-order valence-electron chi connectivity index (χ4n) is 0.669. The third-order valence-corrected chi connectivity index (χ3v) is 1.25. The van der Waals surface area contributed by atoms with Crippen LogP contribution in [0.15, 0.2) is 10.7 Å². The monoisotopic (exact) mass is 179 g/mol. The first-order valence-electron chi connectivity index (χ1n) is 2.95. The van der Waals surface area contributed by atoms with Crippen LogP contribution in [-0.2, 0) is 0 Å². The van der Waals surface area contributed by atoms with E-state index in [0.29, 0.717) is 0 Å². The normalized spacial score (nSPS) is 11.7. The highest BCUT2D eigenvalue weighted by molar-refractivity contribution is 6.00. The highest BCUT2D eigenvalue weighted by Gasteiger charge is 2.41. The molecule has 66 valence electrons. The number of carbonyl (C=O) groups excluding carboxylic acids is 1. The van der Waals surface area contributed by atoms with Gasteiger partial charge in [0.1, 0.15) is 5.76 Å². The standard InChI is InChI=1S/C6H4F3NO2/c1-3-4(2-10-12-3)5(11)6(7,8)9/h2H,1H3. The van der Waals surface area contributed by atoms with Crippen LogP contribution in [0.5, 0.6) is 0 Å². The Morgan fingerprint density at radius 2 is 2.17 bits per heavy atom. The van der Waals surface area contributed by atoms with Gasteiger partial charge in [0, 0.05) is 0 Å². The van der Waals surface area contributed by atoms with Crippen LogP contribution >= 0.6 is 0 Å². The largest absolute Gasteiger partial charge is 0.455 e. The Kier molecular flexibility index (Phi) is 1.91. The molecule has 0 amide bonds. The maximum absolute atomic E-state index is 11.8. The minimum absolute atomic E-state index is 0.127. The van der Waals surface area contributed by atoms with Crippen molar-refractivity contribution in [3.05, 3.63) is 17.5 Å². The molecule has 0 fully saturated rings. The number of rotatable bonds is 1. The quantitative estimate of drug-likeness (QED) is 0.616. The zero-order valence-electron chi connectivity index (χ0n) is 5.97. The van der Waals surface area contributed by atoms with Gasteiger partial charge in [0.15, 0.2) is 0 Å². The number of hydrogen-bond acceptors (Lipinski definition) is 3. The van der Waals surface area contributed by atoms with Crippen molar-refractivity contribution in [3.63, 3.8) is 0 Å². The van der Waals surface area contributed by atoms with Crippen molar-refractivity contribution in [1.82, 2.24) is 5.16 Å². The summed E-state index contributed by atoms with van der Waals surface area (Å²) < 4.78 is 39.6. The van der Waals surface area contributed by atoms with Crippen LogP contribution < -0.4 is 0 Å². The van der Waals surface area contributed by atoms with Crippen LogP contribution in [0.4, 0.5) is 13.2 Å². The molecule has 0 aliphatic carbocycles. The summed E-state index contributed by atoms with van der Waals surface area (Å²) in [4.78, 5) is 10.5. The number of aryl methyl sites for hydroxylation is 1. The lowest BCUT2D eigenvalue weighted by molar-refractivity contribution is -0.0886. The van der Waals surface area contributed by atoms with Gasteiger partial charge in [0.2, 0.25) is 0 Å². The zero-order valence-corrected chi connectivity index (χ0v) is 5.97. The first kappa shape index (κ1) is 8.76. The molecule has 0 aliphatic heterocycles. The van der Waals surface area contributed by atoms with E-state index in [4.69, 9.17) is 0 Å². The van der Waals surface area contributed by atoms with Crippen LogP contribution in [0.3, 0.4) is 0 Å². The molecule has 0 atom stereocenters. The van der Waals surface area contributed by atoms with Crippen molar-refractivity contribution in [3.8, 4) is 0 Å². The fraction of sp³-hybridized carbons (Fsp3) is 0.333. The van der Waals surface area contributed by atoms with Gasteiger partial charge in [-0.2, -0.15) is 13.2 Å². The molecule has 0 aliphatic rings. The summed E-state index contributed by atoms with van der Waals surface area (Å²) in [5.74, 6) is -2.06. The average Bonchev–Trinajstić information content (AvgIpc) is 2.31. The lowest BCUT2D eigenvalue weighted by Gasteiger charge is -2.01. The van der Waals surface area contributed by atoms with Crippen LogP contribution in [0.1, 0.15) is 16.1 Å². The van der Waals surface area contributed by atoms with E-state index in [2.05, 4.69) is 9.68 Å². The molecule has 12 heavy (non-hydrogen) atoms. The molecular weight excluding hydrogens is 175 g/mol. The van der Waals surface area contributed by atoms with Crippen molar-refractivity contribution in [2.45, 2.75) is 13.1 Å². The van der Waals surface area contributed by atoms with Gasteiger partial charge in [-0.1, -0.05) is 5.16 Å². The van der Waals surface area contributed by atoms with E-state index in [0.717, 1.165) is 6.20 Å². The Hall–Kier alpha value is -1.33. The molecule has 1 heterocycles. The second-order valence-corrected chi connectivity index (χ2v) is 2.12. The molecule has 0 bridgehead atoms.